The summed E-state index contributed by atoms with van der Waals surface area (Å²) in [4.78, 5) is 11.8. The van der Waals surface area contributed by atoms with E-state index in [9.17, 15) is 4.79 Å². The van der Waals surface area contributed by atoms with Gasteiger partial charge in [0.05, 0.1) is 6.21 Å². The second kappa shape index (κ2) is 8.47. The average Bonchev–Trinajstić information content (AvgIpc) is 2.60. The van der Waals surface area contributed by atoms with Gasteiger partial charge in [-0.1, -0.05) is 70.2 Å². The minimum atomic E-state index is -0.284. The second-order valence-electron chi connectivity index (χ2n) is 6.92. The van der Waals surface area contributed by atoms with Crippen molar-refractivity contribution < 1.29 is 9.53 Å². The van der Waals surface area contributed by atoms with Gasteiger partial charge in [-0.2, -0.15) is 5.10 Å². The zero-order chi connectivity index (χ0) is 18.3. The maximum Gasteiger partial charge on any atom is 0.277 e. The lowest BCUT2D eigenvalue weighted by molar-refractivity contribution is -0.123. The Labute approximate surface area is 149 Å². The van der Waals surface area contributed by atoms with E-state index in [0.29, 0.717) is 0 Å². The number of nitrogens with one attached hydrogen (secondary N) is 1. The summed E-state index contributed by atoms with van der Waals surface area (Å²) < 4.78 is 5.56. The van der Waals surface area contributed by atoms with Crippen molar-refractivity contribution in [3.8, 4) is 5.75 Å². The monoisotopic (exact) mass is 338 g/mol. The molecule has 0 saturated heterocycles. The van der Waals surface area contributed by atoms with E-state index < -0.39 is 0 Å². The van der Waals surface area contributed by atoms with Gasteiger partial charge in [0.25, 0.3) is 5.91 Å². The number of rotatable bonds is 6. The highest BCUT2D eigenvalue weighted by Crippen LogP contribution is 2.21. The van der Waals surface area contributed by atoms with E-state index in [1.807, 2.05) is 36.4 Å². The van der Waals surface area contributed by atoms with Gasteiger partial charge in [0.1, 0.15) is 5.75 Å². The lowest BCUT2D eigenvalue weighted by Crippen LogP contribution is -2.24. The Hall–Kier alpha value is -2.62. The van der Waals surface area contributed by atoms with Crippen molar-refractivity contribution >= 4 is 12.1 Å². The van der Waals surface area contributed by atoms with E-state index in [0.717, 1.165) is 23.3 Å². The molecule has 1 N–H and O–H groups in total. The lowest BCUT2D eigenvalue weighted by atomic mass is 9.87. The van der Waals surface area contributed by atoms with Crippen molar-refractivity contribution in [1.82, 2.24) is 5.43 Å². The van der Waals surface area contributed by atoms with Crippen LogP contribution < -0.4 is 10.2 Å². The smallest absolute Gasteiger partial charge is 0.277 e. The molecule has 0 atom stereocenters. The fourth-order valence-corrected chi connectivity index (χ4v) is 2.36. The summed E-state index contributed by atoms with van der Waals surface area (Å²) in [5.74, 6) is 0.454. The molecule has 0 aliphatic rings. The van der Waals surface area contributed by atoms with E-state index in [1.54, 1.807) is 6.21 Å². The fraction of sp³-hybridized carbons (Fsp3) is 0.333. The summed E-state index contributed by atoms with van der Waals surface area (Å²) in [7, 11) is 0. The third-order valence-corrected chi connectivity index (χ3v) is 3.89. The van der Waals surface area contributed by atoms with Crippen LogP contribution in [0, 0.1) is 0 Å². The summed E-state index contributed by atoms with van der Waals surface area (Å²) in [5, 5.41) is 3.98. The van der Waals surface area contributed by atoms with Gasteiger partial charge >= 0.3 is 0 Å². The molecule has 2 aromatic carbocycles. The SMILES string of the molecule is CCc1ccccc1OCC(=O)N/N=C/c1ccc(C(C)(C)C)cc1. The Morgan fingerprint density at radius 1 is 1.12 bits per heavy atom. The highest BCUT2D eigenvalue weighted by molar-refractivity contribution is 5.83. The molecule has 0 aromatic heterocycles. The summed E-state index contributed by atoms with van der Waals surface area (Å²) in [5.41, 5.74) is 5.89. The maximum atomic E-state index is 11.8. The Morgan fingerprint density at radius 2 is 1.80 bits per heavy atom. The van der Waals surface area contributed by atoms with Crippen LogP contribution in [0.25, 0.3) is 0 Å². The van der Waals surface area contributed by atoms with E-state index in [2.05, 4.69) is 50.4 Å². The predicted molar refractivity (Wildman–Crippen MR) is 102 cm³/mol. The van der Waals surface area contributed by atoms with Crippen LogP contribution in [-0.4, -0.2) is 18.7 Å². The van der Waals surface area contributed by atoms with E-state index in [1.165, 1.54) is 5.56 Å². The number of benzene rings is 2. The molecule has 4 nitrogen and oxygen atoms in total. The normalized spacial score (nSPS) is 11.5. The van der Waals surface area contributed by atoms with Gasteiger partial charge in [0, 0.05) is 0 Å². The number of nitrogens with zero attached hydrogens (tertiary/aromatic N) is 1. The van der Waals surface area contributed by atoms with Gasteiger partial charge in [0.2, 0.25) is 0 Å². The maximum absolute atomic E-state index is 11.8. The molecule has 0 radical (unpaired) electrons. The Bertz CT molecular complexity index is 728. The van der Waals surface area contributed by atoms with Crippen molar-refractivity contribution in [2.75, 3.05) is 6.61 Å². The molecule has 0 unspecified atom stereocenters. The number of carbonyl (C=O) groups is 1. The van der Waals surface area contributed by atoms with Gasteiger partial charge in [-0.15, -0.1) is 0 Å². The Morgan fingerprint density at radius 3 is 2.44 bits per heavy atom. The summed E-state index contributed by atoms with van der Waals surface area (Å²) in [6, 6.07) is 15.8. The van der Waals surface area contributed by atoms with E-state index in [-0.39, 0.29) is 17.9 Å². The van der Waals surface area contributed by atoms with Crippen LogP contribution in [0.4, 0.5) is 0 Å². The molecule has 2 aromatic rings. The summed E-state index contributed by atoms with van der Waals surface area (Å²) in [6.07, 6.45) is 2.49. The topological polar surface area (TPSA) is 50.7 Å². The number of ether oxygens (including phenoxy) is 1. The first-order valence-corrected chi connectivity index (χ1v) is 8.53. The number of amides is 1. The zero-order valence-corrected chi connectivity index (χ0v) is 15.4. The van der Waals surface area contributed by atoms with Crippen LogP contribution in [0.1, 0.15) is 44.4 Å². The van der Waals surface area contributed by atoms with Gasteiger partial charge < -0.3 is 4.74 Å². The molecule has 0 aliphatic heterocycles. The fourth-order valence-electron chi connectivity index (χ4n) is 2.36. The zero-order valence-electron chi connectivity index (χ0n) is 15.4. The molecular formula is C21H26N2O2. The van der Waals surface area contributed by atoms with Crippen LogP contribution in [0.3, 0.4) is 0 Å². The second-order valence-corrected chi connectivity index (χ2v) is 6.92. The first-order valence-electron chi connectivity index (χ1n) is 8.53. The quantitative estimate of drug-likeness (QED) is 0.637. The molecule has 25 heavy (non-hydrogen) atoms. The van der Waals surface area contributed by atoms with Crippen LogP contribution in [0.2, 0.25) is 0 Å². The molecule has 0 fully saturated rings. The van der Waals surface area contributed by atoms with Gasteiger partial charge in [-0.3, -0.25) is 4.79 Å². The number of hydrogen-bond acceptors (Lipinski definition) is 3. The molecule has 0 saturated carbocycles. The minimum Gasteiger partial charge on any atom is -0.483 e. The van der Waals surface area contributed by atoms with Gasteiger partial charge in [-0.25, -0.2) is 5.43 Å². The average molecular weight is 338 g/mol. The highest BCUT2D eigenvalue weighted by Gasteiger charge is 2.12. The molecule has 0 spiro atoms. The molecule has 2 rings (SSSR count). The molecule has 4 heteroatoms. The summed E-state index contributed by atoms with van der Waals surface area (Å²) in [6.45, 7) is 8.52. The molecule has 0 heterocycles. The molecule has 132 valence electrons. The van der Waals surface area contributed by atoms with Crippen molar-refractivity contribution in [3.63, 3.8) is 0 Å². The lowest BCUT2D eigenvalue weighted by Gasteiger charge is -2.18. The first-order chi connectivity index (χ1) is 11.9. The third kappa shape index (κ3) is 5.75. The van der Waals surface area contributed by atoms with Crippen LogP contribution >= 0.6 is 0 Å². The number of aryl methyl sites for hydroxylation is 1. The largest absolute Gasteiger partial charge is 0.483 e. The number of para-hydroxylation sites is 1. The summed E-state index contributed by atoms with van der Waals surface area (Å²) >= 11 is 0. The van der Waals surface area contributed by atoms with E-state index >= 15 is 0 Å². The number of hydrogen-bond donors (Lipinski definition) is 1. The van der Waals surface area contributed by atoms with Crippen LogP contribution in [-0.2, 0) is 16.6 Å². The van der Waals surface area contributed by atoms with Crippen molar-refractivity contribution in [1.29, 1.82) is 0 Å². The Kier molecular flexibility index (Phi) is 6.34. The standard InChI is InChI=1S/C21H26N2O2/c1-5-17-8-6-7-9-19(17)25-15-20(24)23-22-14-16-10-12-18(13-11-16)21(2,3)4/h6-14H,5,15H2,1-4H3,(H,23,24)/b22-14+. The van der Waals surface area contributed by atoms with Gasteiger partial charge in [0.15, 0.2) is 6.61 Å². The number of hydrazone groups is 1. The van der Waals surface area contributed by atoms with E-state index in [4.69, 9.17) is 4.74 Å². The van der Waals surface area contributed by atoms with Crippen molar-refractivity contribution in [2.24, 2.45) is 5.10 Å². The first kappa shape index (κ1) is 18.7. The Balaban J connectivity index is 1.84. The van der Waals surface area contributed by atoms with Crippen molar-refractivity contribution in [3.05, 3.63) is 65.2 Å². The van der Waals surface area contributed by atoms with Crippen LogP contribution in [0.5, 0.6) is 5.75 Å². The van der Waals surface area contributed by atoms with Gasteiger partial charge in [-0.05, 0) is 34.6 Å². The highest BCUT2D eigenvalue weighted by atomic mass is 16.5. The van der Waals surface area contributed by atoms with Crippen molar-refractivity contribution in [2.45, 2.75) is 39.5 Å². The van der Waals surface area contributed by atoms with Crippen LogP contribution in [0.15, 0.2) is 53.6 Å². The minimum absolute atomic E-state index is 0.0582. The number of carbonyl (C=O) groups excluding carboxylic acids is 1. The molecule has 0 aliphatic carbocycles. The molecule has 0 bridgehead atoms. The molecular weight excluding hydrogens is 312 g/mol. The molecule has 1 amide bonds. The predicted octanol–water partition coefficient (Wildman–Crippen LogP) is 4.08. The third-order valence-electron chi connectivity index (χ3n) is 3.89.